The summed E-state index contributed by atoms with van der Waals surface area (Å²) in [4.78, 5) is 34.7. The maximum absolute atomic E-state index is 12.6. The second-order valence-electron chi connectivity index (χ2n) is 7.89. The predicted octanol–water partition coefficient (Wildman–Crippen LogP) is 3.89. The molecule has 0 radical (unpaired) electrons. The summed E-state index contributed by atoms with van der Waals surface area (Å²) in [7, 11) is 1.67. The van der Waals surface area contributed by atoms with Gasteiger partial charge in [0.25, 0.3) is 0 Å². The number of nitrogens with one attached hydrogen (secondary N) is 1. The Morgan fingerprint density at radius 3 is 2.67 bits per heavy atom. The minimum atomic E-state index is -0.780. The molecule has 1 amide bonds. The minimum absolute atomic E-state index is 0.0106. The second-order valence-corrected chi connectivity index (χ2v) is 7.89. The lowest BCUT2D eigenvalue weighted by Gasteiger charge is -2.37. The second kappa shape index (κ2) is 6.64. The highest BCUT2D eigenvalue weighted by Crippen LogP contribution is 2.42. The van der Waals surface area contributed by atoms with Crippen molar-refractivity contribution in [3.05, 3.63) is 47.9 Å². The van der Waals surface area contributed by atoms with Gasteiger partial charge in [-0.05, 0) is 57.5 Å². The maximum Gasteiger partial charge on any atom is 0.410 e. The lowest BCUT2D eigenvalue weighted by Crippen LogP contribution is -2.46. The third-order valence-corrected chi connectivity index (χ3v) is 4.67. The third kappa shape index (κ3) is 3.77. The highest BCUT2D eigenvalue weighted by atomic mass is 16.6. The van der Waals surface area contributed by atoms with Gasteiger partial charge in [0.15, 0.2) is 5.78 Å². The van der Waals surface area contributed by atoms with Crippen LogP contribution in [0, 0.1) is 0 Å². The van der Waals surface area contributed by atoms with Crippen LogP contribution in [0.2, 0.25) is 0 Å². The first-order valence-corrected chi connectivity index (χ1v) is 8.78. The molecule has 0 saturated carbocycles. The molecule has 1 atom stereocenters. The van der Waals surface area contributed by atoms with Gasteiger partial charge in [0.2, 0.25) is 0 Å². The van der Waals surface area contributed by atoms with E-state index in [9.17, 15) is 9.59 Å². The molecule has 7 nitrogen and oxygen atoms in total. The zero-order chi connectivity index (χ0) is 19.8. The molecule has 0 fully saturated rings. The van der Waals surface area contributed by atoms with E-state index in [-0.39, 0.29) is 12.2 Å². The molecule has 1 unspecified atom stereocenters. The number of benzene rings is 1. The van der Waals surface area contributed by atoms with Crippen molar-refractivity contribution in [1.82, 2.24) is 14.9 Å². The van der Waals surface area contributed by atoms with Crippen LogP contribution in [0.5, 0.6) is 0 Å². The standard InChI is InChI=1S/C20H24N4O3/c1-19(2,3)27-18(26)24(5)20(4)11-16(25)14-7-6-13(10-15(14)20)23-17-8-9-21-12-22-17/h6-10,12H,11H2,1-5H3,(H,21,22,23). The number of ketones is 1. The molecule has 0 spiro atoms. The van der Waals surface area contributed by atoms with Crippen molar-refractivity contribution >= 4 is 23.4 Å². The van der Waals surface area contributed by atoms with Gasteiger partial charge in [-0.25, -0.2) is 14.8 Å². The van der Waals surface area contributed by atoms with Gasteiger partial charge in [0.05, 0.1) is 5.54 Å². The van der Waals surface area contributed by atoms with Gasteiger partial charge in [0, 0.05) is 30.9 Å². The fourth-order valence-corrected chi connectivity index (χ4v) is 3.16. The predicted molar refractivity (Wildman–Crippen MR) is 102 cm³/mol. The molecule has 2 aromatic rings. The molecule has 1 aliphatic carbocycles. The number of Topliss-reactive ketones (excluding diaryl/α,β-unsaturated/α-hetero) is 1. The zero-order valence-corrected chi connectivity index (χ0v) is 16.2. The molecular weight excluding hydrogens is 344 g/mol. The number of aromatic nitrogens is 2. The average Bonchev–Trinajstić information content (AvgIpc) is 2.85. The Kier molecular flexibility index (Phi) is 4.63. The maximum atomic E-state index is 12.6. The number of anilines is 2. The van der Waals surface area contributed by atoms with Crippen LogP contribution < -0.4 is 5.32 Å². The van der Waals surface area contributed by atoms with Gasteiger partial charge in [0.1, 0.15) is 17.7 Å². The van der Waals surface area contributed by atoms with Crippen molar-refractivity contribution in [2.45, 2.75) is 45.3 Å². The van der Waals surface area contributed by atoms with E-state index in [1.165, 1.54) is 11.2 Å². The van der Waals surface area contributed by atoms with Crippen LogP contribution >= 0.6 is 0 Å². The Balaban J connectivity index is 1.93. The topological polar surface area (TPSA) is 84.4 Å². The van der Waals surface area contributed by atoms with Gasteiger partial charge in [-0.1, -0.05) is 0 Å². The SMILES string of the molecule is CN(C(=O)OC(C)(C)C)C1(C)CC(=O)c2ccc(Nc3ccncn3)cc21. The van der Waals surface area contributed by atoms with E-state index < -0.39 is 17.2 Å². The van der Waals surface area contributed by atoms with E-state index in [0.717, 1.165) is 11.3 Å². The van der Waals surface area contributed by atoms with Gasteiger partial charge < -0.3 is 15.0 Å². The van der Waals surface area contributed by atoms with Crippen LogP contribution in [0.4, 0.5) is 16.3 Å². The summed E-state index contributed by atoms with van der Waals surface area (Å²) in [5, 5.41) is 3.20. The zero-order valence-electron chi connectivity index (χ0n) is 16.2. The first-order chi connectivity index (χ1) is 12.6. The van der Waals surface area contributed by atoms with E-state index in [4.69, 9.17) is 4.74 Å². The molecule has 1 aromatic heterocycles. The molecule has 0 bridgehead atoms. The Bertz CT molecular complexity index is 877. The molecule has 7 heteroatoms. The minimum Gasteiger partial charge on any atom is -0.444 e. The van der Waals surface area contributed by atoms with Gasteiger partial charge in [-0.2, -0.15) is 0 Å². The fraction of sp³-hybridized carbons (Fsp3) is 0.400. The van der Waals surface area contributed by atoms with Crippen molar-refractivity contribution < 1.29 is 14.3 Å². The molecule has 3 rings (SSSR count). The van der Waals surface area contributed by atoms with E-state index >= 15 is 0 Å². The number of hydrogen-bond acceptors (Lipinski definition) is 6. The van der Waals surface area contributed by atoms with Crippen LogP contribution in [0.1, 0.15) is 50.0 Å². The first-order valence-electron chi connectivity index (χ1n) is 8.78. The van der Waals surface area contributed by atoms with Crippen LogP contribution in [0.15, 0.2) is 36.8 Å². The lowest BCUT2D eigenvalue weighted by atomic mass is 9.92. The Morgan fingerprint density at radius 2 is 2.04 bits per heavy atom. The molecule has 1 aliphatic rings. The summed E-state index contributed by atoms with van der Waals surface area (Å²) < 4.78 is 5.50. The van der Waals surface area contributed by atoms with E-state index in [2.05, 4.69) is 15.3 Å². The Labute approximate surface area is 158 Å². The summed E-state index contributed by atoms with van der Waals surface area (Å²) in [5.74, 6) is 0.660. The summed E-state index contributed by atoms with van der Waals surface area (Å²) in [6, 6.07) is 7.26. The smallest absolute Gasteiger partial charge is 0.410 e. The highest BCUT2D eigenvalue weighted by Gasteiger charge is 2.45. The van der Waals surface area contributed by atoms with Crippen LogP contribution in [-0.4, -0.2) is 39.4 Å². The number of carbonyl (C=O) groups excluding carboxylic acids is 2. The van der Waals surface area contributed by atoms with Crippen LogP contribution in [0.25, 0.3) is 0 Å². The monoisotopic (exact) mass is 368 g/mol. The fourth-order valence-electron chi connectivity index (χ4n) is 3.16. The van der Waals surface area contributed by atoms with E-state index in [1.807, 2.05) is 39.8 Å². The van der Waals surface area contributed by atoms with Crippen molar-refractivity contribution in [2.75, 3.05) is 12.4 Å². The largest absolute Gasteiger partial charge is 0.444 e. The summed E-state index contributed by atoms with van der Waals surface area (Å²) in [6.45, 7) is 7.34. The quantitative estimate of drug-likeness (QED) is 0.885. The number of carbonyl (C=O) groups is 2. The Morgan fingerprint density at radius 1 is 1.30 bits per heavy atom. The van der Waals surface area contributed by atoms with Crippen LogP contribution in [-0.2, 0) is 10.3 Å². The van der Waals surface area contributed by atoms with Crippen molar-refractivity contribution in [2.24, 2.45) is 0 Å². The lowest BCUT2D eigenvalue weighted by molar-refractivity contribution is 0.00798. The summed E-state index contributed by atoms with van der Waals surface area (Å²) in [5.41, 5.74) is 0.814. The molecular formula is C20H24N4O3. The van der Waals surface area contributed by atoms with E-state index in [0.29, 0.717) is 11.4 Å². The Hall–Kier alpha value is -2.96. The number of fused-ring (bicyclic) bond motifs is 1. The van der Waals surface area contributed by atoms with Gasteiger partial charge in [-0.15, -0.1) is 0 Å². The molecule has 1 aromatic carbocycles. The van der Waals surface area contributed by atoms with Crippen molar-refractivity contribution in [3.8, 4) is 0 Å². The van der Waals surface area contributed by atoms with Gasteiger partial charge >= 0.3 is 6.09 Å². The number of ether oxygens (including phenoxy) is 1. The third-order valence-electron chi connectivity index (χ3n) is 4.67. The average molecular weight is 368 g/mol. The van der Waals surface area contributed by atoms with Crippen LogP contribution in [0.3, 0.4) is 0 Å². The molecule has 1 heterocycles. The normalized spacial score (nSPS) is 18.8. The number of amides is 1. The van der Waals surface area contributed by atoms with Gasteiger partial charge in [-0.3, -0.25) is 4.79 Å². The molecule has 27 heavy (non-hydrogen) atoms. The first kappa shape index (κ1) is 18.8. The molecule has 1 N–H and O–H groups in total. The molecule has 0 aliphatic heterocycles. The number of rotatable bonds is 3. The summed E-state index contributed by atoms with van der Waals surface area (Å²) >= 11 is 0. The number of hydrogen-bond donors (Lipinski definition) is 1. The molecule has 142 valence electrons. The van der Waals surface area contributed by atoms with Crippen molar-refractivity contribution in [1.29, 1.82) is 0 Å². The highest BCUT2D eigenvalue weighted by molar-refractivity contribution is 6.03. The summed E-state index contributed by atoms with van der Waals surface area (Å²) in [6.07, 6.45) is 2.86. The van der Waals surface area contributed by atoms with E-state index in [1.54, 1.807) is 25.4 Å². The van der Waals surface area contributed by atoms with Crippen molar-refractivity contribution in [3.63, 3.8) is 0 Å². The number of nitrogens with zero attached hydrogens (tertiary/aromatic N) is 3. The molecule has 0 saturated heterocycles.